The van der Waals surface area contributed by atoms with E-state index in [4.69, 9.17) is 10.1 Å². The third kappa shape index (κ3) is 19.1. The van der Waals surface area contributed by atoms with Gasteiger partial charge in [-0.3, -0.25) is 5.41 Å². The number of nitrogens with zero attached hydrogens (tertiary/aromatic N) is 1. The molecule has 8 N–H and O–H groups in total. The molecule has 0 unspecified atom stereocenters. The van der Waals surface area contributed by atoms with Gasteiger partial charge in [-0.1, -0.05) is 0 Å². The highest BCUT2D eigenvalue weighted by Gasteiger charge is 2.01. The van der Waals surface area contributed by atoms with Crippen molar-refractivity contribution in [3.8, 4) is 0 Å². The molecule has 22 heavy (non-hydrogen) atoms. The third-order valence-corrected chi connectivity index (χ3v) is 3.14. The van der Waals surface area contributed by atoms with Crippen molar-refractivity contribution in [2.24, 2.45) is 11.5 Å². The minimum Gasteiger partial charge on any atom is -0.379 e. The summed E-state index contributed by atoms with van der Waals surface area (Å²) in [4.78, 5) is 2.33. The number of nitrogens with two attached hydrogens (primary N) is 2. The van der Waals surface area contributed by atoms with E-state index in [1.165, 1.54) is 39.0 Å². The molecule has 0 aromatic heterocycles. The maximum atomic E-state index is 6.06. The maximum absolute atomic E-state index is 6.06. The Bertz CT molecular complexity index is 216. The smallest absolute Gasteiger partial charge is 0.183 e. The van der Waals surface area contributed by atoms with E-state index in [0.29, 0.717) is 0 Å². The van der Waals surface area contributed by atoms with Crippen molar-refractivity contribution in [2.45, 2.75) is 12.8 Å². The summed E-state index contributed by atoms with van der Waals surface area (Å²) in [5.74, 6) is -0.333. The lowest BCUT2D eigenvalue weighted by Crippen LogP contribution is -2.40. The molecular formula is C14H35N7O. The van der Waals surface area contributed by atoms with Crippen LogP contribution in [-0.2, 0) is 4.74 Å². The standard InChI is InChI=1S/C5H12N2.C4H9NO.C4H9N.CH5N3/c1-7-4-2-6-3-5-7;1-3-6-4-2-5-1;1-2-4-5-3-1;2-1(3)4/h6H,2-5H2,1H3;5H,1-4H2;5H,1-4H2;(H5,2,3,4). The van der Waals surface area contributed by atoms with Crippen molar-refractivity contribution in [3.05, 3.63) is 0 Å². The second-order valence-electron chi connectivity index (χ2n) is 5.33. The van der Waals surface area contributed by atoms with Crippen LogP contribution in [0.25, 0.3) is 0 Å². The lowest BCUT2D eigenvalue weighted by Gasteiger charge is -2.21. The summed E-state index contributed by atoms with van der Waals surface area (Å²) in [5, 5.41) is 15.7. The number of nitrogens with one attached hydrogen (secondary N) is 4. The predicted octanol–water partition coefficient (Wildman–Crippen LogP) is -1.66. The lowest BCUT2D eigenvalue weighted by molar-refractivity contribution is 0.109. The quantitative estimate of drug-likeness (QED) is 0.233. The second-order valence-corrected chi connectivity index (χ2v) is 5.33. The van der Waals surface area contributed by atoms with Crippen LogP contribution >= 0.6 is 0 Å². The van der Waals surface area contributed by atoms with E-state index in [-0.39, 0.29) is 5.96 Å². The first-order valence-corrected chi connectivity index (χ1v) is 8.11. The fourth-order valence-corrected chi connectivity index (χ4v) is 1.92. The van der Waals surface area contributed by atoms with Crippen molar-refractivity contribution < 1.29 is 4.74 Å². The van der Waals surface area contributed by atoms with Crippen LogP contribution in [0.4, 0.5) is 0 Å². The van der Waals surface area contributed by atoms with Crippen molar-refractivity contribution in [1.29, 1.82) is 5.41 Å². The van der Waals surface area contributed by atoms with Gasteiger partial charge in [-0.2, -0.15) is 0 Å². The van der Waals surface area contributed by atoms with Crippen molar-refractivity contribution in [3.63, 3.8) is 0 Å². The molecular weight excluding hydrogens is 282 g/mol. The molecule has 3 saturated heterocycles. The summed E-state index contributed by atoms with van der Waals surface area (Å²) in [6.07, 6.45) is 2.78. The first-order chi connectivity index (χ1) is 10.6. The van der Waals surface area contributed by atoms with E-state index in [1.807, 2.05) is 0 Å². The molecule has 0 radical (unpaired) electrons. The zero-order valence-electron chi connectivity index (χ0n) is 14.0. The zero-order chi connectivity index (χ0) is 16.5. The molecule has 0 spiro atoms. The van der Waals surface area contributed by atoms with Gasteiger partial charge in [0.1, 0.15) is 0 Å². The average Bonchev–Trinajstić information content (AvgIpc) is 3.09. The van der Waals surface area contributed by atoms with Gasteiger partial charge in [0.05, 0.1) is 13.2 Å². The Kier molecular flexibility index (Phi) is 15.7. The average molecular weight is 317 g/mol. The molecule has 0 amide bonds. The zero-order valence-corrected chi connectivity index (χ0v) is 14.0. The van der Waals surface area contributed by atoms with Gasteiger partial charge < -0.3 is 37.1 Å². The van der Waals surface area contributed by atoms with Gasteiger partial charge in [-0.05, 0) is 33.0 Å². The fraction of sp³-hybridized carbons (Fsp3) is 0.929. The molecule has 0 aromatic carbocycles. The van der Waals surface area contributed by atoms with Crippen LogP contribution in [0, 0.1) is 5.41 Å². The van der Waals surface area contributed by atoms with Crippen molar-refractivity contribution in [2.75, 3.05) is 72.6 Å². The van der Waals surface area contributed by atoms with Gasteiger partial charge in [-0.25, -0.2) is 0 Å². The van der Waals surface area contributed by atoms with Crippen molar-refractivity contribution in [1.82, 2.24) is 20.9 Å². The minimum absolute atomic E-state index is 0.333. The molecule has 132 valence electrons. The van der Waals surface area contributed by atoms with Crippen molar-refractivity contribution >= 4 is 5.96 Å². The fourth-order valence-electron chi connectivity index (χ4n) is 1.92. The van der Waals surface area contributed by atoms with Gasteiger partial charge in [0.15, 0.2) is 5.96 Å². The van der Waals surface area contributed by atoms with E-state index >= 15 is 0 Å². The molecule has 3 heterocycles. The van der Waals surface area contributed by atoms with Crippen LogP contribution in [0.1, 0.15) is 12.8 Å². The Morgan fingerprint density at radius 3 is 1.45 bits per heavy atom. The van der Waals surface area contributed by atoms with Crippen LogP contribution in [0.5, 0.6) is 0 Å². The van der Waals surface area contributed by atoms with Gasteiger partial charge in [-0.15, -0.1) is 0 Å². The van der Waals surface area contributed by atoms with Crippen LogP contribution in [0.3, 0.4) is 0 Å². The Hall–Kier alpha value is -0.930. The first-order valence-electron chi connectivity index (χ1n) is 8.11. The number of piperazine rings is 1. The summed E-state index contributed by atoms with van der Waals surface area (Å²) in [7, 11) is 2.15. The Balaban J connectivity index is 0.000000274. The molecule has 8 heteroatoms. The largest absolute Gasteiger partial charge is 0.379 e. The number of morpholine rings is 1. The SMILES string of the molecule is C1CCNC1.C1COCCN1.CN1CCNCC1.N=C(N)N. The highest BCUT2D eigenvalue weighted by molar-refractivity contribution is 5.71. The lowest BCUT2D eigenvalue weighted by atomic mass is 10.4. The number of hydrogen-bond donors (Lipinski definition) is 6. The van der Waals surface area contributed by atoms with Gasteiger partial charge in [0, 0.05) is 39.3 Å². The monoisotopic (exact) mass is 317 g/mol. The van der Waals surface area contributed by atoms with Crippen LogP contribution < -0.4 is 27.4 Å². The molecule has 3 aliphatic heterocycles. The molecule has 3 rings (SSSR count). The number of rotatable bonds is 0. The van der Waals surface area contributed by atoms with Gasteiger partial charge >= 0.3 is 0 Å². The molecule has 8 nitrogen and oxygen atoms in total. The third-order valence-electron chi connectivity index (χ3n) is 3.14. The summed E-state index contributed by atoms with van der Waals surface area (Å²) < 4.78 is 5.01. The second kappa shape index (κ2) is 16.4. The summed E-state index contributed by atoms with van der Waals surface area (Å²) >= 11 is 0. The highest BCUT2D eigenvalue weighted by Crippen LogP contribution is 1.90. The van der Waals surface area contributed by atoms with Gasteiger partial charge in [0.25, 0.3) is 0 Å². The Morgan fingerprint density at radius 2 is 1.27 bits per heavy atom. The summed E-state index contributed by atoms with van der Waals surface area (Å²) in [6, 6.07) is 0. The normalized spacial score (nSPS) is 21.1. The molecule has 3 fully saturated rings. The molecule has 0 atom stereocenters. The molecule has 0 aliphatic carbocycles. The molecule has 0 bridgehead atoms. The van der Waals surface area contributed by atoms with Crippen LogP contribution in [-0.4, -0.2) is 83.5 Å². The number of likely N-dealkylation sites (N-methyl/N-ethyl adjacent to an activating group) is 1. The first kappa shape index (κ1) is 21.1. The summed E-state index contributed by atoms with van der Waals surface area (Å²) in [6.45, 7) is 11.1. The van der Waals surface area contributed by atoms with Crippen LogP contribution in [0.15, 0.2) is 0 Å². The minimum atomic E-state index is -0.333. The van der Waals surface area contributed by atoms with E-state index < -0.39 is 0 Å². The maximum Gasteiger partial charge on any atom is 0.183 e. The summed E-state index contributed by atoms with van der Waals surface area (Å²) in [5.41, 5.74) is 8.94. The molecule has 3 aliphatic rings. The number of ether oxygens (including phenoxy) is 1. The molecule has 0 saturated carbocycles. The Labute approximate surface area is 134 Å². The van der Waals surface area contributed by atoms with E-state index in [0.717, 1.165) is 39.4 Å². The predicted molar refractivity (Wildman–Crippen MR) is 92.3 cm³/mol. The van der Waals surface area contributed by atoms with Gasteiger partial charge in [0.2, 0.25) is 0 Å². The van der Waals surface area contributed by atoms with E-state index in [2.05, 4.69) is 39.4 Å². The number of guanidine groups is 1. The molecule has 0 aromatic rings. The Morgan fingerprint density at radius 1 is 0.864 bits per heavy atom. The topological polar surface area (TPSA) is 124 Å². The van der Waals surface area contributed by atoms with E-state index in [1.54, 1.807) is 0 Å². The number of hydrogen-bond acceptors (Lipinski definition) is 6. The highest BCUT2D eigenvalue weighted by atomic mass is 16.5. The van der Waals surface area contributed by atoms with Crippen LogP contribution in [0.2, 0.25) is 0 Å². The van der Waals surface area contributed by atoms with E-state index in [9.17, 15) is 0 Å².